The first-order valence-corrected chi connectivity index (χ1v) is 9.88. The second kappa shape index (κ2) is 6.89. The topological polar surface area (TPSA) is 65.5 Å². The minimum atomic E-state index is 0.00305. The van der Waals surface area contributed by atoms with E-state index in [-0.39, 0.29) is 17.2 Å². The van der Waals surface area contributed by atoms with Gasteiger partial charge in [-0.05, 0) is 51.2 Å². The third-order valence-electron chi connectivity index (χ3n) is 6.04. The Hall–Kier alpha value is -2.11. The summed E-state index contributed by atoms with van der Waals surface area (Å²) in [6, 6.07) is 4.07. The van der Waals surface area contributed by atoms with Crippen molar-refractivity contribution in [1.82, 2.24) is 15.2 Å². The Morgan fingerprint density at radius 2 is 2.19 bits per heavy atom. The average Bonchev–Trinajstić information content (AvgIpc) is 3.48. The number of hydrogen-bond acceptors (Lipinski definition) is 4. The Kier molecular flexibility index (Phi) is 4.59. The number of rotatable bonds is 4. The summed E-state index contributed by atoms with van der Waals surface area (Å²) in [5, 5.41) is 3.05. The van der Waals surface area contributed by atoms with Crippen LogP contribution in [0.1, 0.15) is 55.8 Å². The molecule has 1 aromatic rings. The van der Waals surface area contributed by atoms with E-state index in [1.54, 1.807) is 12.3 Å². The first-order valence-electron chi connectivity index (χ1n) is 9.88. The summed E-state index contributed by atoms with van der Waals surface area (Å²) < 4.78 is 0. The third kappa shape index (κ3) is 3.55. The Bertz CT molecular complexity index is 703. The fourth-order valence-corrected chi connectivity index (χ4v) is 4.36. The summed E-state index contributed by atoms with van der Waals surface area (Å²) >= 11 is 0. The molecule has 0 radical (unpaired) electrons. The molecule has 0 unspecified atom stereocenters. The number of hydrogen-bond donors (Lipinski definition) is 1. The van der Waals surface area contributed by atoms with Crippen LogP contribution in [0.4, 0.5) is 5.82 Å². The molecule has 1 saturated carbocycles. The van der Waals surface area contributed by atoms with Gasteiger partial charge in [0.15, 0.2) is 0 Å². The second-order valence-electron chi connectivity index (χ2n) is 8.08. The van der Waals surface area contributed by atoms with E-state index in [0.29, 0.717) is 18.0 Å². The van der Waals surface area contributed by atoms with Gasteiger partial charge in [0.2, 0.25) is 5.91 Å². The van der Waals surface area contributed by atoms with Gasteiger partial charge in [-0.2, -0.15) is 0 Å². The van der Waals surface area contributed by atoms with Crippen LogP contribution in [0.2, 0.25) is 0 Å². The molecule has 1 spiro atoms. The molecule has 3 aliphatic rings. The Balaban J connectivity index is 1.49. The van der Waals surface area contributed by atoms with Gasteiger partial charge in [0, 0.05) is 55.8 Å². The molecule has 1 N–H and O–H groups in total. The van der Waals surface area contributed by atoms with Crippen molar-refractivity contribution in [2.45, 2.75) is 51.5 Å². The zero-order valence-corrected chi connectivity index (χ0v) is 15.5. The Morgan fingerprint density at radius 3 is 2.96 bits per heavy atom. The van der Waals surface area contributed by atoms with Gasteiger partial charge in [0.25, 0.3) is 5.91 Å². The van der Waals surface area contributed by atoms with Crippen LogP contribution in [0.15, 0.2) is 18.3 Å². The molecule has 1 atom stereocenters. The van der Waals surface area contributed by atoms with Crippen molar-refractivity contribution in [2.75, 3.05) is 31.1 Å². The number of nitrogens with zero attached hydrogens (tertiary/aromatic N) is 3. The number of aromatic nitrogens is 1. The highest BCUT2D eigenvalue weighted by Crippen LogP contribution is 2.39. The zero-order valence-electron chi connectivity index (χ0n) is 15.5. The number of piperidine rings is 2. The fourth-order valence-electron chi connectivity index (χ4n) is 4.36. The molecule has 2 saturated heterocycles. The Labute approximate surface area is 155 Å². The van der Waals surface area contributed by atoms with Crippen LogP contribution >= 0.6 is 0 Å². The summed E-state index contributed by atoms with van der Waals surface area (Å²) in [5.41, 5.74) is 0.853. The molecule has 26 heavy (non-hydrogen) atoms. The lowest BCUT2D eigenvalue weighted by Crippen LogP contribution is -2.54. The van der Waals surface area contributed by atoms with Crippen LogP contribution in [0.3, 0.4) is 0 Å². The third-order valence-corrected chi connectivity index (χ3v) is 6.04. The quantitative estimate of drug-likeness (QED) is 0.898. The van der Waals surface area contributed by atoms with Gasteiger partial charge in [-0.25, -0.2) is 4.98 Å². The van der Waals surface area contributed by atoms with Crippen molar-refractivity contribution in [3.8, 4) is 0 Å². The fraction of sp³-hybridized carbons (Fsp3) is 0.650. The van der Waals surface area contributed by atoms with E-state index in [2.05, 4.69) is 22.1 Å². The molecule has 3 fully saturated rings. The van der Waals surface area contributed by atoms with Gasteiger partial charge in [-0.15, -0.1) is 0 Å². The maximum Gasteiger partial charge on any atom is 0.251 e. The normalized spacial score (nSPS) is 26.3. The number of carbonyl (C=O) groups is 2. The molecule has 0 bridgehead atoms. The lowest BCUT2D eigenvalue weighted by atomic mass is 9.73. The summed E-state index contributed by atoms with van der Waals surface area (Å²) in [7, 11) is 0. The smallest absolute Gasteiger partial charge is 0.251 e. The van der Waals surface area contributed by atoms with Crippen LogP contribution in [0, 0.1) is 5.41 Å². The molecule has 6 nitrogen and oxygen atoms in total. The van der Waals surface area contributed by atoms with Gasteiger partial charge in [-0.1, -0.05) is 0 Å². The molecule has 2 aliphatic heterocycles. The number of amides is 2. The van der Waals surface area contributed by atoms with E-state index in [1.165, 1.54) is 0 Å². The van der Waals surface area contributed by atoms with Crippen LogP contribution in [-0.4, -0.2) is 53.9 Å². The van der Waals surface area contributed by atoms with E-state index in [9.17, 15) is 9.59 Å². The van der Waals surface area contributed by atoms with E-state index in [0.717, 1.165) is 64.1 Å². The van der Waals surface area contributed by atoms with Crippen molar-refractivity contribution >= 4 is 17.6 Å². The maximum absolute atomic E-state index is 12.3. The molecule has 1 aliphatic carbocycles. The molecule has 140 valence electrons. The molecule has 2 amide bonds. The zero-order chi connectivity index (χ0) is 18.1. The number of pyridine rings is 1. The highest BCUT2D eigenvalue weighted by atomic mass is 16.2. The molecular formula is C20H28N4O2. The van der Waals surface area contributed by atoms with Crippen LogP contribution in [0.25, 0.3) is 0 Å². The second-order valence-corrected chi connectivity index (χ2v) is 8.08. The highest BCUT2D eigenvalue weighted by Gasteiger charge is 2.41. The molecule has 6 heteroatoms. The number of carbonyl (C=O) groups excluding carboxylic acids is 2. The van der Waals surface area contributed by atoms with E-state index < -0.39 is 0 Å². The first kappa shape index (κ1) is 17.3. The van der Waals surface area contributed by atoms with Crippen molar-refractivity contribution in [3.63, 3.8) is 0 Å². The van der Waals surface area contributed by atoms with Gasteiger partial charge in [-0.3, -0.25) is 9.59 Å². The maximum atomic E-state index is 12.3. The molecule has 4 rings (SSSR count). The lowest BCUT2D eigenvalue weighted by molar-refractivity contribution is -0.137. The number of anilines is 1. The molecule has 1 aromatic heterocycles. The molecular weight excluding hydrogens is 328 g/mol. The van der Waals surface area contributed by atoms with Gasteiger partial charge >= 0.3 is 0 Å². The van der Waals surface area contributed by atoms with E-state index in [4.69, 9.17) is 0 Å². The minimum Gasteiger partial charge on any atom is -0.356 e. The predicted molar refractivity (Wildman–Crippen MR) is 100 cm³/mol. The van der Waals surface area contributed by atoms with Crippen molar-refractivity contribution in [2.24, 2.45) is 5.41 Å². The van der Waals surface area contributed by atoms with Gasteiger partial charge in [0.05, 0.1) is 0 Å². The van der Waals surface area contributed by atoms with Crippen LogP contribution in [-0.2, 0) is 4.79 Å². The molecule has 3 heterocycles. The monoisotopic (exact) mass is 356 g/mol. The average molecular weight is 356 g/mol. The van der Waals surface area contributed by atoms with Gasteiger partial charge in [0.1, 0.15) is 5.82 Å². The van der Waals surface area contributed by atoms with E-state index >= 15 is 0 Å². The lowest BCUT2D eigenvalue weighted by Gasteiger charge is -2.48. The summed E-state index contributed by atoms with van der Waals surface area (Å²) in [6.07, 6.45) is 7.79. The Morgan fingerprint density at radius 1 is 1.35 bits per heavy atom. The standard InChI is InChI=1S/C20H28N4O2/c1-2-23-13-20(9-6-18(23)25)8-3-11-24(14-20)17-12-15(7-10-21-17)19(26)22-16-4-5-16/h7,10,12,16H,2-6,8-9,11,13-14H2,1H3,(H,22,26)/t20-/m0/s1. The number of nitrogens with one attached hydrogen (secondary N) is 1. The SMILES string of the molecule is CCN1C[C@]2(CCCN(c3cc(C(=O)NC4CC4)ccn3)C2)CCC1=O. The number of likely N-dealkylation sites (tertiary alicyclic amines) is 1. The minimum absolute atomic E-state index is 0.00305. The highest BCUT2D eigenvalue weighted by molar-refractivity contribution is 5.95. The van der Waals surface area contributed by atoms with Crippen molar-refractivity contribution in [3.05, 3.63) is 23.9 Å². The van der Waals surface area contributed by atoms with Gasteiger partial charge < -0.3 is 15.1 Å². The first-order chi connectivity index (χ1) is 12.6. The predicted octanol–water partition coefficient (Wildman–Crippen LogP) is 2.20. The largest absolute Gasteiger partial charge is 0.356 e. The van der Waals surface area contributed by atoms with E-state index in [1.807, 2.05) is 11.0 Å². The summed E-state index contributed by atoms with van der Waals surface area (Å²) in [4.78, 5) is 33.3. The summed E-state index contributed by atoms with van der Waals surface area (Å²) in [6.45, 7) is 5.57. The van der Waals surface area contributed by atoms with Crippen LogP contribution < -0.4 is 10.2 Å². The van der Waals surface area contributed by atoms with Crippen molar-refractivity contribution in [1.29, 1.82) is 0 Å². The molecule has 0 aromatic carbocycles. The van der Waals surface area contributed by atoms with Crippen LogP contribution in [0.5, 0.6) is 0 Å². The van der Waals surface area contributed by atoms with Crippen molar-refractivity contribution < 1.29 is 9.59 Å². The summed E-state index contributed by atoms with van der Waals surface area (Å²) in [5.74, 6) is 1.17.